The summed E-state index contributed by atoms with van der Waals surface area (Å²) in [6.07, 6.45) is 2.64. The van der Waals surface area contributed by atoms with Gasteiger partial charge in [0.2, 0.25) is 0 Å². The van der Waals surface area contributed by atoms with Gasteiger partial charge in [0.25, 0.3) is 0 Å². The lowest BCUT2D eigenvalue weighted by Crippen LogP contribution is -2.08. The Bertz CT molecular complexity index is 269. The highest BCUT2D eigenvalue weighted by molar-refractivity contribution is 5.80. The van der Waals surface area contributed by atoms with Crippen LogP contribution in [0.2, 0.25) is 0 Å². The zero-order valence-corrected chi connectivity index (χ0v) is 10.3. The van der Waals surface area contributed by atoms with Crippen molar-refractivity contribution in [2.75, 3.05) is 0 Å². The summed E-state index contributed by atoms with van der Waals surface area (Å²) in [7, 11) is 0. The monoisotopic (exact) mass is 244 g/mol. The van der Waals surface area contributed by atoms with Gasteiger partial charge in [-0.2, -0.15) is 0 Å². The minimum Gasteiger partial charge on any atom is -0.481 e. The summed E-state index contributed by atoms with van der Waals surface area (Å²) in [5.41, 5.74) is 0. The van der Waals surface area contributed by atoms with Gasteiger partial charge in [-0.25, -0.2) is 0 Å². The van der Waals surface area contributed by atoms with Crippen LogP contribution in [0.3, 0.4) is 0 Å². The van der Waals surface area contributed by atoms with Crippen LogP contribution >= 0.6 is 0 Å². The van der Waals surface area contributed by atoms with E-state index >= 15 is 0 Å². The topological polar surface area (TPSA) is 91.7 Å². The molecule has 0 aromatic heterocycles. The Morgan fingerprint density at radius 3 is 1.94 bits per heavy atom. The van der Waals surface area contributed by atoms with Gasteiger partial charge < -0.3 is 10.2 Å². The van der Waals surface area contributed by atoms with Crippen LogP contribution in [0.5, 0.6) is 0 Å². The van der Waals surface area contributed by atoms with Crippen molar-refractivity contribution in [3.05, 3.63) is 0 Å². The normalized spacial score (nSPS) is 18.8. The largest absolute Gasteiger partial charge is 0.481 e. The van der Waals surface area contributed by atoms with Crippen LogP contribution < -0.4 is 0 Å². The number of Topliss-reactive ketones (excluding diaryl/α,β-unsaturated/α-hetero) is 1. The molecule has 0 radical (unpaired) electrons. The quantitative estimate of drug-likeness (QED) is 0.788. The molecule has 0 saturated heterocycles. The van der Waals surface area contributed by atoms with Crippen molar-refractivity contribution in [3.63, 3.8) is 0 Å². The van der Waals surface area contributed by atoms with Crippen LogP contribution in [0.15, 0.2) is 0 Å². The van der Waals surface area contributed by atoms with Gasteiger partial charge in [0.1, 0.15) is 5.78 Å². The average molecular weight is 244 g/mol. The molecule has 2 N–H and O–H groups in total. The second-order valence-corrected chi connectivity index (χ2v) is 4.69. The second-order valence-electron chi connectivity index (χ2n) is 4.69. The molecular formula is C12H20O5. The molecule has 0 heterocycles. The van der Waals surface area contributed by atoms with Crippen molar-refractivity contribution in [2.45, 2.75) is 46.0 Å². The molecular weight excluding hydrogens is 224 g/mol. The van der Waals surface area contributed by atoms with Crippen molar-refractivity contribution >= 4 is 17.7 Å². The number of aliphatic carboxylic acids is 2. The lowest BCUT2D eigenvalue weighted by molar-refractivity contribution is -0.140. The van der Waals surface area contributed by atoms with Gasteiger partial charge in [-0.05, 0) is 18.3 Å². The van der Waals surface area contributed by atoms with Gasteiger partial charge in [-0.1, -0.05) is 13.8 Å². The van der Waals surface area contributed by atoms with Crippen LogP contribution in [-0.2, 0) is 14.4 Å². The Morgan fingerprint density at radius 2 is 1.76 bits per heavy atom. The molecule has 0 aromatic rings. The first-order valence-corrected chi connectivity index (χ1v) is 5.76. The Balaban J connectivity index is 0.000000318. The van der Waals surface area contributed by atoms with Gasteiger partial charge in [-0.15, -0.1) is 0 Å². The second kappa shape index (κ2) is 7.81. The molecule has 1 atom stereocenters. The molecule has 5 heteroatoms. The van der Waals surface area contributed by atoms with Crippen molar-refractivity contribution in [1.29, 1.82) is 0 Å². The number of carboxylic acids is 2. The fourth-order valence-corrected chi connectivity index (χ4v) is 1.67. The number of ketones is 1. The minimum atomic E-state index is -0.950. The number of rotatable bonds is 4. The van der Waals surface area contributed by atoms with Gasteiger partial charge in [0, 0.05) is 25.7 Å². The lowest BCUT2D eigenvalue weighted by atomic mass is 10.1. The third-order valence-corrected chi connectivity index (χ3v) is 2.54. The van der Waals surface area contributed by atoms with E-state index in [9.17, 15) is 14.4 Å². The molecule has 1 aliphatic carbocycles. The van der Waals surface area contributed by atoms with E-state index < -0.39 is 11.9 Å². The first-order chi connectivity index (χ1) is 7.81. The Labute approximate surface area is 101 Å². The molecule has 0 amide bonds. The summed E-state index contributed by atoms with van der Waals surface area (Å²) >= 11 is 0. The summed E-state index contributed by atoms with van der Waals surface area (Å²) in [4.78, 5) is 30.5. The van der Waals surface area contributed by atoms with Gasteiger partial charge >= 0.3 is 11.9 Å². The number of hydrogen-bond donors (Lipinski definition) is 2. The van der Waals surface area contributed by atoms with Crippen molar-refractivity contribution in [3.8, 4) is 0 Å². The van der Waals surface area contributed by atoms with E-state index in [1.165, 1.54) is 0 Å². The van der Waals surface area contributed by atoms with Crippen LogP contribution in [0.4, 0.5) is 0 Å². The first-order valence-electron chi connectivity index (χ1n) is 5.76. The Hall–Kier alpha value is -1.39. The standard InChI is InChI=1S/C6H10O4.C6H10O/c1-4(2-5(7)8)3-6(9)10;1-5-2-3-6(7)4-5/h4H,2-3H2,1H3,(H,7,8)(H,9,10);5H,2-4H2,1H3. The van der Waals surface area contributed by atoms with Crippen molar-refractivity contribution in [1.82, 2.24) is 0 Å². The molecule has 17 heavy (non-hydrogen) atoms. The first kappa shape index (κ1) is 15.6. The summed E-state index contributed by atoms with van der Waals surface area (Å²) in [5, 5.41) is 16.4. The molecule has 0 spiro atoms. The Morgan fingerprint density at radius 1 is 1.29 bits per heavy atom. The predicted octanol–water partition coefficient (Wildman–Crippen LogP) is 1.95. The SMILES string of the molecule is CC(CC(=O)O)CC(=O)O.CC1CCC(=O)C1. The highest BCUT2D eigenvalue weighted by atomic mass is 16.4. The van der Waals surface area contributed by atoms with E-state index in [0.29, 0.717) is 11.7 Å². The third kappa shape index (κ3) is 9.53. The average Bonchev–Trinajstić information content (AvgIpc) is 2.47. The van der Waals surface area contributed by atoms with Crippen molar-refractivity contribution in [2.24, 2.45) is 11.8 Å². The van der Waals surface area contributed by atoms with E-state index in [-0.39, 0.29) is 18.8 Å². The zero-order chi connectivity index (χ0) is 13.4. The maximum absolute atomic E-state index is 10.5. The molecule has 98 valence electrons. The Kier molecular flexibility index (Phi) is 7.18. The lowest BCUT2D eigenvalue weighted by Gasteiger charge is -2.02. The summed E-state index contributed by atoms with van der Waals surface area (Å²) in [5.74, 6) is -1.06. The summed E-state index contributed by atoms with van der Waals surface area (Å²) in [6.45, 7) is 3.73. The molecule has 1 unspecified atom stereocenters. The number of carbonyl (C=O) groups excluding carboxylic acids is 1. The fourth-order valence-electron chi connectivity index (χ4n) is 1.67. The third-order valence-electron chi connectivity index (χ3n) is 2.54. The number of hydrogen-bond acceptors (Lipinski definition) is 3. The number of carboxylic acid groups (broad SMARTS) is 2. The van der Waals surface area contributed by atoms with E-state index in [1.54, 1.807) is 6.92 Å². The summed E-state index contributed by atoms with van der Waals surface area (Å²) < 4.78 is 0. The maximum Gasteiger partial charge on any atom is 0.303 e. The number of carbonyl (C=O) groups is 3. The van der Waals surface area contributed by atoms with Crippen LogP contribution in [0, 0.1) is 11.8 Å². The van der Waals surface area contributed by atoms with Gasteiger partial charge in [0.05, 0.1) is 0 Å². The van der Waals surface area contributed by atoms with E-state index in [4.69, 9.17) is 10.2 Å². The molecule has 5 nitrogen and oxygen atoms in total. The molecule has 1 rings (SSSR count). The molecule has 1 fully saturated rings. The zero-order valence-electron chi connectivity index (χ0n) is 10.3. The van der Waals surface area contributed by atoms with Crippen LogP contribution in [-0.4, -0.2) is 27.9 Å². The van der Waals surface area contributed by atoms with Gasteiger partial charge in [-0.3, -0.25) is 14.4 Å². The molecule has 0 bridgehead atoms. The van der Waals surface area contributed by atoms with Gasteiger partial charge in [0.15, 0.2) is 0 Å². The maximum atomic E-state index is 10.5. The smallest absolute Gasteiger partial charge is 0.303 e. The van der Waals surface area contributed by atoms with E-state index in [0.717, 1.165) is 19.3 Å². The van der Waals surface area contributed by atoms with Crippen molar-refractivity contribution < 1.29 is 24.6 Å². The van der Waals surface area contributed by atoms with E-state index in [1.807, 2.05) is 0 Å². The highest BCUT2D eigenvalue weighted by Crippen LogP contribution is 2.19. The molecule has 0 aromatic carbocycles. The van der Waals surface area contributed by atoms with E-state index in [2.05, 4.69) is 6.92 Å². The molecule has 0 aliphatic heterocycles. The van der Waals surface area contributed by atoms with Crippen LogP contribution in [0.1, 0.15) is 46.0 Å². The highest BCUT2D eigenvalue weighted by Gasteiger charge is 2.16. The van der Waals surface area contributed by atoms with Crippen LogP contribution in [0.25, 0.3) is 0 Å². The summed E-state index contributed by atoms with van der Waals surface area (Å²) in [6, 6.07) is 0. The minimum absolute atomic E-state index is 0.0771. The molecule has 1 aliphatic rings. The fraction of sp³-hybridized carbons (Fsp3) is 0.750. The predicted molar refractivity (Wildman–Crippen MR) is 61.7 cm³/mol. The molecule has 1 saturated carbocycles.